The van der Waals surface area contributed by atoms with Gasteiger partial charge in [-0.05, 0) is 62.9 Å². The predicted molar refractivity (Wildman–Crippen MR) is 188 cm³/mol. The average Bonchev–Trinajstić information content (AvgIpc) is 3.43. The summed E-state index contributed by atoms with van der Waals surface area (Å²) in [7, 11) is 2.06. The molecule has 3 aromatic rings. The van der Waals surface area contributed by atoms with Crippen molar-refractivity contribution in [2.45, 2.75) is 83.8 Å². The van der Waals surface area contributed by atoms with Crippen molar-refractivity contribution in [1.82, 2.24) is 25.8 Å². The van der Waals surface area contributed by atoms with E-state index in [-0.39, 0.29) is 38.3 Å². The van der Waals surface area contributed by atoms with Gasteiger partial charge in [-0.15, -0.1) is 0 Å². The Bertz CT molecular complexity index is 1410. The zero-order valence-electron chi connectivity index (χ0n) is 26.9. The lowest BCUT2D eigenvalue weighted by atomic mass is 10.0. The summed E-state index contributed by atoms with van der Waals surface area (Å²) in [5, 5.41) is 22.6. The van der Waals surface area contributed by atoms with Crippen LogP contribution in [0.15, 0.2) is 65.9 Å². The fourth-order valence-electron chi connectivity index (χ4n) is 5.46. The summed E-state index contributed by atoms with van der Waals surface area (Å²) in [4.78, 5) is 43.2. The van der Waals surface area contributed by atoms with Gasteiger partial charge in [-0.3, -0.25) is 9.59 Å². The highest BCUT2D eigenvalue weighted by Gasteiger charge is 2.26. The van der Waals surface area contributed by atoms with Crippen LogP contribution in [-0.4, -0.2) is 77.5 Å². The number of amides is 2. The number of nitro groups is 1. The Morgan fingerprint density at radius 3 is 2.45 bits per heavy atom. The van der Waals surface area contributed by atoms with Crippen molar-refractivity contribution >= 4 is 28.7 Å². The smallest absolute Gasteiger partial charge is 0.266 e. The van der Waals surface area contributed by atoms with Gasteiger partial charge in [0, 0.05) is 36.2 Å². The second kappa shape index (κ2) is 20.6. The minimum Gasteiger partial charge on any atom is -0.365 e. The number of unbranched alkanes of at least 4 members (excludes halogenated alkanes) is 3. The van der Waals surface area contributed by atoms with Crippen molar-refractivity contribution in [3.8, 4) is 0 Å². The third-order valence-electron chi connectivity index (χ3n) is 7.85. The Morgan fingerprint density at radius 1 is 1.00 bits per heavy atom. The first kappa shape index (κ1) is 38.7. The number of hydrogen-bond donors (Lipinski definition) is 6. The third kappa shape index (κ3) is 13.8. The van der Waals surface area contributed by atoms with E-state index < -0.39 is 23.0 Å². The van der Waals surface area contributed by atoms with Crippen LogP contribution in [0.2, 0.25) is 0 Å². The number of fused-ring (bicyclic) bond motifs is 1. The van der Waals surface area contributed by atoms with E-state index in [2.05, 4.69) is 51.0 Å². The van der Waals surface area contributed by atoms with Gasteiger partial charge >= 0.3 is 0 Å². The highest BCUT2D eigenvalue weighted by Crippen LogP contribution is 2.19. The molecular formula is C34H53N9O4. The topological polar surface area (TPSA) is 197 Å². The number of nitrogens with zero attached hydrogens (tertiary/aromatic N) is 3. The maximum absolute atomic E-state index is 13.9. The molecule has 0 fully saturated rings. The summed E-state index contributed by atoms with van der Waals surface area (Å²) in [6.07, 6.45) is 8.11. The summed E-state index contributed by atoms with van der Waals surface area (Å²) in [5.74, 6) is -1.09. The molecule has 47 heavy (non-hydrogen) atoms. The van der Waals surface area contributed by atoms with Gasteiger partial charge in [0.15, 0.2) is 5.03 Å². The standard InChI is InChI=1S/C33H49N9O4.CH4/c1-3-4-5-11-19-41(2)23-26(21-25-22-37-29-16-10-9-15-27(25)29)38-32(44)30(17-12-18-36-33(35)40-42(45)46)39-31(43)28(34)20-24-13-7-6-8-14-24;/h6-10,13-16,22,26,28,30,37H,3-5,11-12,17-21,23,34H2,1-2H3,(H,38,44)(H,39,43)(H3,35,36,40);1H4/t26-,28+,30-;/m0./s1. The third-order valence-corrected chi connectivity index (χ3v) is 7.85. The molecule has 0 aliphatic carbocycles. The number of H-pyrrole nitrogens is 1. The lowest BCUT2D eigenvalue weighted by Crippen LogP contribution is -2.55. The quantitative estimate of drug-likeness (QED) is 0.0352. The Hall–Kier alpha value is -4.49. The highest BCUT2D eigenvalue weighted by molar-refractivity contribution is 5.90. The highest BCUT2D eigenvalue weighted by atomic mass is 16.7. The Kier molecular flexibility index (Phi) is 17.0. The molecule has 8 N–H and O–H groups in total. The van der Waals surface area contributed by atoms with Crippen molar-refractivity contribution < 1.29 is 14.6 Å². The summed E-state index contributed by atoms with van der Waals surface area (Å²) in [5.41, 5.74) is 14.8. The first-order valence-corrected chi connectivity index (χ1v) is 16.0. The van der Waals surface area contributed by atoms with Crippen molar-refractivity contribution in [1.29, 1.82) is 0 Å². The van der Waals surface area contributed by atoms with Crippen LogP contribution in [-0.2, 0) is 22.4 Å². The monoisotopic (exact) mass is 651 g/mol. The van der Waals surface area contributed by atoms with Gasteiger partial charge in [-0.25, -0.2) is 10.1 Å². The van der Waals surface area contributed by atoms with Crippen molar-refractivity contribution in [3.05, 3.63) is 82.0 Å². The first-order chi connectivity index (χ1) is 22.2. The number of benzene rings is 2. The molecule has 1 heterocycles. The molecule has 0 unspecified atom stereocenters. The summed E-state index contributed by atoms with van der Waals surface area (Å²) in [6.45, 7) is 3.94. The molecule has 0 saturated heterocycles. The maximum atomic E-state index is 13.9. The van der Waals surface area contributed by atoms with E-state index in [0.717, 1.165) is 47.8 Å². The zero-order chi connectivity index (χ0) is 33.3. The number of guanidine groups is 1. The van der Waals surface area contributed by atoms with Crippen molar-refractivity contribution in [2.75, 3.05) is 26.7 Å². The number of para-hydroxylation sites is 1. The predicted octanol–water partition coefficient (Wildman–Crippen LogP) is 3.27. The number of aromatic amines is 1. The van der Waals surface area contributed by atoms with Crippen LogP contribution in [0, 0.1) is 10.1 Å². The van der Waals surface area contributed by atoms with Crippen LogP contribution in [0.5, 0.6) is 0 Å². The van der Waals surface area contributed by atoms with E-state index in [1.54, 1.807) is 0 Å². The van der Waals surface area contributed by atoms with E-state index in [4.69, 9.17) is 11.5 Å². The van der Waals surface area contributed by atoms with Gasteiger partial charge in [0.1, 0.15) is 11.1 Å². The lowest BCUT2D eigenvalue weighted by molar-refractivity contribution is -0.485. The molecule has 2 aromatic carbocycles. The van der Waals surface area contributed by atoms with E-state index in [0.29, 0.717) is 25.8 Å². The van der Waals surface area contributed by atoms with Gasteiger partial charge in [0.05, 0.1) is 6.04 Å². The Labute approximate surface area is 278 Å². The molecule has 0 saturated carbocycles. The molecule has 0 spiro atoms. The number of aromatic nitrogens is 1. The number of carbonyl (C=O) groups is 2. The zero-order valence-corrected chi connectivity index (χ0v) is 26.9. The van der Waals surface area contributed by atoms with Crippen LogP contribution < -0.4 is 27.4 Å². The van der Waals surface area contributed by atoms with Crippen LogP contribution >= 0.6 is 0 Å². The average molecular weight is 652 g/mol. The molecule has 1 aromatic heterocycles. The molecule has 13 heteroatoms. The number of hydrazone groups is 1. The molecular weight excluding hydrogens is 598 g/mol. The largest absolute Gasteiger partial charge is 0.365 e. The van der Waals surface area contributed by atoms with Crippen LogP contribution in [0.1, 0.15) is 64.0 Å². The molecule has 0 aliphatic rings. The van der Waals surface area contributed by atoms with Gasteiger partial charge in [0.25, 0.3) is 5.96 Å². The van der Waals surface area contributed by atoms with Crippen molar-refractivity contribution in [3.63, 3.8) is 0 Å². The van der Waals surface area contributed by atoms with Crippen molar-refractivity contribution in [2.24, 2.45) is 16.6 Å². The molecule has 0 aliphatic heterocycles. The molecule has 3 atom stereocenters. The maximum Gasteiger partial charge on any atom is 0.266 e. The number of carbonyl (C=O) groups excluding carboxylic acids is 2. The minimum absolute atomic E-state index is 0. The van der Waals surface area contributed by atoms with Gasteiger partial charge < -0.3 is 37.3 Å². The molecule has 13 nitrogen and oxygen atoms in total. The van der Waals surface area contributed by atoms with E-state index in [1.165, 1.54) is 6.42 Å². The SMILES string of the molecule is C.CCCCCCN(C)C[C@H](Cc1c[nH]c2ccccc12)NC(=O)[C@H](CCCN/C(N)=N/[N+](=O)[O-])NC(=O)[C@H](N)Cc1ccccc1. The fraction of sp³-hybridized carbons (Fsp3) is 0.500. The Balaban J connectivity index is 0.00000768. The van der Waals surface area contributed by atoms with Gasteiger partial charge in [-0.1, -0.05) is 82.1 Å². The minimum atomic E-state index is -0.887. The molecule has 0 radical (unpaired) electrons. The summed E-state index contributed by atoms with van der Waals surface area (Å²) < 4.78 is 0. The van der Waals surface area contributed by atoms with Gasteiger partial charge in [-0.2, -0.15) is 0 Å². The van der Waals surface area contributed by atoms with E-state index in [1.807, 2.05) is 54.7 Å². The molecule has 258 valence electrons. The van der Waals surface area contributed by atoms with Crippen LogP contribution in [0.4, 0.5) is 0 Å². The van der Waals surface area contributed by atoms with Crippen LogP contribution in [0.3, 0.4) is 0 Å². The lowest BCUT2D eigenvalue weighted by Gasteiger charge is -2.28. The second-order valence-electron chi connectivity index (χ2n) is 11.7. The molecule has 2 amide bonds. The summed E-state index contributed by atoms with van der Waals surface area (Å²) in [6, 6.07) is 15.5. The number of nitrogens with one attached hydrogen (secondary N) is 4. The van der Waals surface area contributed by atoms with E-state index >= 15 is 0 Å². The second-order valence-corrected chi connectivity index (χ2v) is 11.7. The molecule has 0 bridgehead atoms. The number of rotatable bonds is 20. The number of nitrogens with two attached hydrogens (primary N) is 2. The molecule has 3 rings (SSSR count). The van der Waals surface area contributed by atoms with Gasteiger partial charge in [0.2, 0.25) is 11.8 Å². The number of likely N-dealkylation sites (N-methyl/N-ethyl adjacent to an activating group) is 1. The Morgan fingerprint density at radius 2 is 1.72 bits per heavy atom. The first-order valence-electron chi connectivity index (χ1n) is 16.0. The fourth-order valence-corrected chi connectivity index (χ4v) is 5.46. The van der Waals surface area contributed by atoms with Crippen LogP contribution in [0.25, 0.3) is 10.9 Å². The summed E-state index contributed by atoms with van der Waals surface area (Å²) >= 11 is 0. The number of hydrogen-bond acceptors (Lipinski definition) is 6. The van der Waals surface area contributed by atoms with E-state index in [9.17, 15) is 19.7 Å². The normalized spacial score (nSPS) is 13.4.